The number of aromatic amines is 1. The van der Waals surface area contributed by atoms with Crippen LogP contribution in [0.3, 0.4) is 0 Å². The first-order chi connectivity index (χ1) is 9.65. The highest BCUT2D eigenvalue weighted by atomic mass is 79.9. The summed E-state index contributed by atoms with van der Waals surface area (Å²) in [7, 11) is 0. The summed E-state index contributed by atoms with van der Waals surface area (Å²) in [6.07, 6.45) is 1.69. The number of carbonyl (C=O) groups is 1. The van der Waals surface area contributed by atoms with Gasteiger partial charge in [-0.25, -0.2) is 0 Å². The highest BCUT2D eigenvalue weighted by molar-refractivity contribution is 9.10. The molecule has 4 N–H and O–H groups in total. The molecule has 100 valence electrons. The molecular formula is C15H12BrN3O. The molecule has 0 aliphatic rings. The number of aromatic nitrogens is 1. The third-order valence-electron chi connectivity index (χ3n) is 3.07. The van der Waals surface area contributed by atoms with Gasteiger partial charge < -0.3 is 16.0 Å². The molecule has 1 amide bonds. The van der Waals surface area contributed by atoms with Crippen LogP contribution in [0.5, 0.6) is 0 Å². The zero-order chi connectivity index (χ0) is 14.1. The second-order valence-corrected chi connectivity index (χ2v) is 5.30. The van der Waals surface area contributed by atoms with Crippen molar-refractivity contribution < 1.29 is 4.79 Å². The van der Waals surface area contributed by atoms with E-state index in [-0.39, 0.29) is 5.91 Å². The third-order valence-corrected chi connectivity index (χ3v) is 3.76. The van der Waals surface area contributed by atoms with Crippen LogP contribution in [-0.4, -0.2) is 10.9 Å². The molecule has 5 heteroatoms. The molecule has 1 aromatic heterocycles. The second-order valence-electron chi connectivity index (χ2n) is 4.44. The van der Waals surface area contributed by atoms with Gasteiger partial charge in [0.25, 0.3) is 5.91 Å². The lowest BCUT2D eigenvalue weighted by Gasteiger charge is -2.06. The number of nitrogen functional groups attached to an aromatic ring is 1. The largest absolute Gasteiger partial charge is 0.399 e. The zero-order valence-electron chi connectivity index (χ0n) is 10.5. The van der Waals surface area contributed by atoms with Crippen LogP contribution in [0, 0.1) is 0 Å². The monoisotopic (exact) mass is 329 g/mol. The molecule has 1 heterocycles. The number of nitrogens with one attached hydrogen (secondary N) is 2. The van der Waals surface area contributed by atoms with Gasteiger partial charge in [0.1, 0.15) is 0 Å². The highest BCUT2D eigenvalue weighted by Gasteiger charge is 2.13. The minimum Gasteiger partial charge on any atom is -0.399 e. The number of hydrogen-bond acceptors (Lipinski definition) is 2. The Kier molecular flexibility index (Phi) is 3.20. The summed E-state index contributed by atoms with van der Waals surface area (Å²) in [6, 6.07) is 12.9. The molecule has 0 unspecified atom stereocenters. The quantitative estimate of drug-likeness (QED) is 0.626. The van der Waals surface area contributed by atoms with Crippen molar-refractivity contribution >= 4 is 44.1 Å². The molecule has 20 heavy (non-hydrogen) atoms. The van der Waals surface area contributed by atoms with Crippen molar-refractivity contribution in [2.45, 2.75) is 0 Å². The van der Waals surface area contributed by atoms with Crippen LogP contribution < -0.4 is 11.1 Å². The van der Waals surface area contributed by atoms with Gasteiger partial charge in [-0.3, -0.25) is 4.79 Å². The van der Waals surface area contributed by atoms with Gasteiger partial charge in [0, 0.05) is 27.3 Å². The summed E-state index contributed by atoms with van der Waals surface area (Å²) >= 11 is 3.41. The normalized spacial score (nSPS) is 10.7. The number of anilines is 2. The average molecular weight is 330 g/mol. The lowest BCUT2D eigenvalue weighted by Crippen LogP contribution is -2.11. The van der Waals surface area contributed by atoms with Gasteiger partial charge in [-0.2, -0.15) is 0 Å². The summed E-state index contributed by atoms with van der Waals surface area (Å²) < 4.78 is 0.840. The van der Waals surface area contributed by atoms with Crippen molar-refractivity contribution in [2.75, 3.05) is 11.1 Å². The van der Waals surface area contributed by atoms with Gasteiger partial charge >= 0.3 is 0 Å². The van der Waals surface area contributed by atoms with Gasteiger partial charge in [0.05, 0.1) is 11.3 Å². The van der Waals surface area contributed by atoms with Crippen molar-refractivity contribution in [3.8, 4) is 0 Å². The van der Waals surface area contributed by atoms with Gasteiger partial charge in [-0.05, 0) is 46.3 Å². The molecule has 0 radical (unpaired) electrons. The molecule has 0 aliphatic heterocycles. The molecule has 0 fully saturated rings. The fraction of sp³-hybridized carbons (Fsp3) is 0. The van der Waals surface area contributed by atoms with E-state index in [0.29, 0.717) is 11.3 Å². The summed E-state index contributed by atoms with van der Waals surface area (Å²) in [6.45, 7) is 0. The fourth-order valence-electron chi connectivity index (χ4n) is 2.08. The summed E-state index contributed by atoms with van der Waals surface area (Å²) in [4.78, 5) is 15.4. The van der Waals surface area contributed by atoms with Crippen molar-refractivity contribution in [1.29, 1.82) is 0 Å². The number of H-pyrrole nitrogens is 1. The standard InChI is InChI=1S/C15H12BrN3O/c16-12-3-1-2-4-14(12)19-15(20)11-8-18-13-6-5-9(17)7-10(11)13/h1-8,18H,17H2,(H,19,20). The number of nitrogens with two attached hydrogens (primary N) is 1. The van der Waals surface area contributed by atoms with Crippen LogP contribution >= 0.6 is 15.9 Å². The van der Waals surface area contributed by atoms with Crippen LogP contribution in [0.4, 0.5) is 11.4 Å². The smallest absolute Gasteiger partial charge is 0.257 e. The number of para-hydroxylation sites is 1. The van der Waals surface area contributed by atoms with Crippen molar-refractivity contribution in [2.24, 2.45) is 0 Å². The Morgan fingerprint density at radius 3 is 2.80 bits per heavy atom. The van der Waals surface area contributed by atoms with Crippen LogP contribution in [0.1, 0.15) is 10.4 Å². The molecule has 0 saturated carbocycles. The SMILES string of the molecule is Nc1ccc2[nH]cc(C(=O)Nc3ccccc3Br)c2c1. The first-order valence-corrected chi connectivity index (χ1v) is 6.87. The molecular weight excluding hydrogens is 318 g/mol. The summed E-state index contributed by atoms with van der Waals surface area (Å²) in [5.74, 6) is -0.172. The average Bonchev–Trinajstić information content (AvgIpc) is 2.84. The van der Waals surface area contributed by atoms with Crippen LogP contribution in [0.2, 0.25) is 0 Å². The predicted octanol–water partition coefficient (Wildman–Crippen LogP) is 3.76. The Labute approximate surface area is 124 Å². The highest BCUT2D eigenvalue weighted by Crippen LogP contribution is 2.25. The van der Waals surface area contributed by atoms with Crippen LogP contribution in [-0.2, 0) is 0 Å². The van der Waals surface area contributed by atoms with Crippen LogP contribution in [0.25, 0.3) is 10.9 Å². The zero-order valence-corrected chi connectivity index (χ0v) is 12.1. The number of fused-ring (bicyclic) bond motifs is 1. The topological polar surface area (TPSA) is 70.9 Å². The Morgan fingerprint density at radius 1 is 1.20 bits per heavy atom. The number of halogens is 1. The molecule has 2 aromatic carbocycles. The Morgan fingerprint density at radius 2 is 2.00 bits per heavy atom. The van der Waals surface area contributed by atoms with Gasteiger partial charge in [-0.15, -0.1) is 0 Å². The third kappa shape index (κ3) is 2.28. The molecule has 0 spiro atoms. The molecule has 3 aromatic rings. The first kappa shape index (κ1) is 12.7. The van der Waals surface area contributed by atoms with E-state index in [1.165, 1.54) is 0 Å². The maximum Gasteiger partial charge on any atom is 0.257 e. The van der Waals surface area contributed by atoms with E-state index < -0.39 is 0 Å². The fourth-order valence-corrected chi connectivity index (χ4v) is 2.46. The van der Waals surface area contributed by atoms with Gasteiger partial charge in [0.2, 0.25) is 0 Å². The second kappa shape index (κ2) is 5.02. The van der Waals surface area contributed by atoms with E-state index in [0.717, 1.165) is 21.1 Å². The molecule has 4 nitrogen and oxygen atoms in total. The summed E-state index contributed by atoms with van der Waals surface area (Å²) in [5, 5.41) is 3.69. The van der Waals surface area contributed by atoms with E-state index in [2.05, 4.69) is 26.2 Å². The van der Waals surface area contributed by atoms with E-state index in [1.54, 1.807) is 18.3 Å². The molecule has 0 atom stereocenters. The molecule has 0 aliphatic carbocycles. The maximum atomic E-state index is 12.4. The van der Waals surface area contributed by atoms with Crippen LogP contribution in [0.15, 0.2) is 53.1 Å². The van der Waals surface area contributed by atoms with E-state index in [1.807, 2.05) is 30.3 Å². The molecule has 0 saturated heterocycles. The van der Waals surface area contributed by atoms with E-state index in [9.17, 15) is 4.79 Å². The minimum atomic E-state index is -0.172. The molecule has 3 rings (SSSR count). The Bertz CT molecular complexity index is 795. The number of benzene rings is 2. The first-order valence-electron chi connectivity index (χ1n) is 6.07. The van der Waals surface area contributed by atoms with Gasteiger partial charge in [-0.1, -0.05) is 12.1 Å². The molecule has 0 bridgehead atoms. The Balaban J connectivity index is 1.97. The van der Waals surface area contributed by atoms with Crippen molar-refractivity contribution in [1.82, 2.24) is 4.98 Å². The van der Waals surface area contributed by atoms with E-state index >= 15 is 0 Å². The lowest BCUT2D eigenvalue weighted by molar-refractivity contribution is 0.102. The van der Waals surface area contributed by atoms with E-state index in [4.69, 9.17) is 5.73 Å². The van der Waals surface area contributed by atoms with Crippen molar-refractivity contribution in [3.63, 3.8) is 0 Å². The maximum absolute atomic E-state index is 12.4. The predicted molar refractivity (Wildman–Crippen MR) is 84.8 cm³/mol. The van der Waals surface area contributed by atoms with Gasteiger partial charge in [0.15, 0.2) is 0 Å². The number of amides is 1. The lowest BCUT2D eigenvalue weighted by atomic mass is 10.1. The summed E-state index contributed by atoms with van der Waals surface area (Å²) in [5.41, 5.74) is 8.60. The number of rotatable bonds is 2. The minimum absolute atomic E-state index is 0.172. The number of hydrogen-bond donors (Lipinski definition) is 3. The van der Waals surface area contributed by atoms with Crippen molar-refractivity contribution in [3.05, 3.63) is 58.7 Å². The number of carbonyl (C=O) groups excluding carboxylic acids is 1. The Hall–Kier alpha value is -2.27.